The topological polar surface area (TPSA) is 108 Å². The van der Waals surface area contributed by atoms with Crippen molar-refractivity contribution in [3.63, 3.8) is 0 Å². The molecule has 0 aliphatic rings. The van der Waals surface area contributed by atoms with Crippen molar-refractivity contribution in [1.29, 1.82) is 0 Å². The lowest BCUT2D eigenvalue weighted by Crippen LogP contribution is -1.97. The van der Waals surface area contributed by atoms with Crippen LogP contribution in [0.5, 0.6) is 0 Å². The Morgan fingerprint density at radius 3 is 2.73 bits per heavy atom. The summed E-state index contributed by atoms with van der Waals surface area (Å²) in [6.45, 7) is 7.90. The third kappa shape index (κ3) is 4.20. The van der Waals surface area contributed by atoms with Gasteiger partial charge in [0.2, 0.25) is 0 Å². The molecule has 0 radical (unpaired) electrons. The minimum Gasteiger partial charge on any atom is -0.358 e. The van der Waals surface area contributed by atoms with E-state index in [0.717, 1.165) is 45.4 Å². The third-order valence-corrected chi connectivity index (χ3v) is 6.18. The number of hydrogen-bond donors (Lipinski definition) is 3. The van der Waals surface area contributed by atoms with Crippen LogP contribution in [0.15, 0.2) is 73.5 Å². The Morgan fingerprint density at radius 2 is 1.89 bits per heavy atom. The van der Waals surface area contributed by atoms with Gasteiger partial charge in [0.1, 0.15) is 17.0 Å². The summed E-state index contributed by atoms with van der Waals surface area (Å²) in [7, 11) is 0. The molecule has 0 aliphatic carbocycles. The lowest BCUT2D eigenvalue weighted by Gasteiger charge is -2.09. The number of hydrogen-bond acceptors (Lipinski definition) is 6. The van der Waals surface area contributed by atoms with E-state index in [2.05, 4.69) is 42.0 Å². The van der Waals surface area contributed by atoms with E-state index in [1.165, 1.54) is 12.1 Å². The van der Waals surface area contributed by atoms with Gasteiger partial charge in [-0.2, -0.15) is 5.10 Å². The summed E-state index contributed by atoms with van der Waals surface area (Å²) in [5, 5.41) is 11.5. The van der Waals surface area contributed by atoms with Gasteiger partial charge in [0.15, 0.2) is 11.5 Å². The highest BCUT2D eigenvalue weighted by atomic mass is 19.1. The molecule has 3 N–H and O–H groups in total. The van der Waals surface area contributed by atoms with Gasteiger partial charge in [-0.05, 0) is 55.3 Å². The Bertz CT molecular complexity index is 1780. The Hall–Kier alpha value is -4.92. The van der Waals surface area contributed by atoms with E-state index in [0.29, 0.717) is 33.9 Å². The van der Waals surface area contributed by atoms with Crippen LogP contribution in [0.4, 0.5) is 10.1 Å². The molecular weight excluding hydrogens is 467 g/mol. The van der Waals surface area contributed by atoms with E-state index in [4.69, 9.17) is 4.98 Å². The number of aromatic amines is 2. The van der Waals surface area contributed by atoms with Gasteiger partial charge in [-0.25, -0.2) is 14.4 Å². The van der Waals surface area contributed by atoms with E-state index in [1.807, 2.05) is 38.1 Å². The highest BCUT2D eigenvalue weighted by Crippen LogP contribution is 2.32. The molecule has 0 amide bonds. The average Bonchev–Trinajstić information content (AvgIpc) is 3.51. The first kappa shape index (κ1) is 22.5. The number of rotatable bonds is 6. The van der Waals surface area contributed by atoms with Gasteiger partial charge in [-0.15, -0.1) is 0 Å². The number of fused-ring (bicyclic) bond motifs is 2. The van der Waals surface area contributed by atoms with Crippen LogP contribution in [-0.2, 0) is 0 Å². The van der Waals surface area contributed by atoms with E-state index in [-0.39, 0.29) is 5.82 Å². The van der Waals surface area contributed by atoms with Gasteiger partial charge in [-0.3, -0.25) is 15.1 Å². The van der Waals surface area contributed by atoms with Crippen molar-refractivity contribution in [2.45, 2.75) is 20.3 Å². The lowest BCUT2D eigenvalue weighted by molar-refractivity contribution is 0.627. The summed E-state index contributed by atoms with van der Waals surface area (Å²) < 4.78 is 14.1. The summed E-state index contributed by atoms with van der Waals surface area (Å²) in [5.74, 6) is 0.280. The Balaban J connectivity index is 1.43. The summed E-state index contributed by atoms with van der Waals surface area (Å²) in [4.78, 5) is 21.6. The molecule has 6 aromatic rings. The number of pyridine rings is 3. The summed E-state index contributed by atoms with van der Waals surface area (Å²) in [5.41, 5.74) is 8.37. The predicted molar refractivity (Wildman–Crippen MR) is 143 cm³/mol. The molecule has 9 heteroatoms. The Kier molecular flexibility index (Phi) is 5.45. The van der Waals surface area contributed by atoms with Crippen molar-refractivity contribution in [3.05, 3.63) is 84.8 Å². The monoisotopic (exact) mass is 490 g/mol. The zero-order chi connectivity index (χ0) is 25.5. The molecule has 0 spiro atoms. The van der Waals surface area contributed by atoms with Crippen molar-refractivity contribution >= 4 is 27.8 Å². The van der Waals surface area contributed by atoms with E-state index >= 15 is 0 Å². The van der Waals surface area contributed by atoms with Crippen LogP contribution in [0.3, 0.4) is 0 Å². The molecule has 0 saturated carbocycles. The number of nitrogens with one attached hydrogen (secondary N) is 3. The molecule has 182 valence electrons. The van der Waals surface area contributed by atoms with Crippen LogP contribution >= 0.6 is 0 Å². The largest absolute Gasteiger partial charge is 0.358 e. The van der Waals surface area contributed by atoms with Crippen molar-refractivity contribution < 1.29 is 4.39 Å². The highest BCUT2D eigenvalue weighted by Gasteiger charge is 2.17. The second kappa shape index (κ2) is 8.94. The molecule has 0 saturated heterocycles. The number of benzene rings is 1. The molecule has 5 heterocycles. The Morgan fingerprint density at radius 1 is 1.03 bits per heavy atom. The average molecular weight is 491 g/mol. The maximum Gasteiger partial charge on any atom is 0.181 e. The smallest absolute Gasteiger partial charge is 0.181 e. The van der Waals surface area contributed by atoms with Gasteiger partial charge < -0.3 is 10.3 Å². The van der Waals surface area contributed by atoms with Crippen LogP contribution in [0.1, 0.15) is 18.9 Å². The van der Waals surface area contributed by atoms with Crippen LogP contribution in [0, 0.1) is 12.7 Å². The van der Waals surface area contributed by atoms with Crippen molar-refractivity contribution in [2.24, 2.45) is 0 Å². The second-order valence-corrected chi connectivity index (χ2v) is 8.90. The number of anilines is 1. The van der Waals surface area contributed by atoms with Gasteiger partial charge in [0.05, 0.1) is 28.5 Å². The zero-order valence-corrected chi connectivity index (χ0v) is 20.3. The van der Waals surface area contributed by atoms with Crippen LogP contribution in [-0.4, -0.2) is 35.1 Å². The number of aromatic nitrogens is 7. The number of imidazole rings is 1. The Labute approximate surface area is 211 Å². The molecule has 8 nitrogen and oxygen atoms in total. The molecule has 6 rings (SSSR count). The number of aryl methyl sites for hydroxylation is 1. The van der Waals surface area contributed by atoms with E-state index < -0.39 is 0 Å². The van der Waals surface area contributed by atoms with E-state index in [1.54, 1.807) is 24.8 Å². The quantitative estimate of drug-likeness (QED) is 0.249. The molecule has 37 heavy (non-hydrogen) atoms. The third-order valence-electron chi connectivity index (χ3n) is 6.18. The van der Waals surface area contributed by atoms with E-state index in [9.17, 15) is 4.39 Å². The minimum absolute atomic E-state index is 0.310. The van der Waals surface area contributed by atoms with Crippen LogP contribution in [0.25, 0.3) is 56.0 Å². The molecule has 0 unspecified atom stereocenters. The molecule has 0 aliphatic heterocycles. The van der Waals surface area contributed by atoms with Crippen molar-refractivity contribution in [1.82, 2.24) is 35.1 Å². The molecule has 0 bridgehead atoms. The number of H-pyrrole nitrogens is 2. The normalized spacial score (nSPS) is 11.3. The second-order valence-electron chi connectivity index (χ2n) is 8.90. The highest BCUT2D eigenvalue weighted by molar-refractivity contribution is 5.96. The summed E-state index contributed by atoms with van der Waals surface area (Å²) >= 11 is 0. The molecule has 5 aromatic heterocycles. The summed E-state index contributed by atoms with van der Waals surface area (Å²) in [6.07, 6.45) is 7.84. The maximum absolute atomic E-state index is 14.1. The molecule has 1 aromatic carbocycles. The SMILES string of the molecule is C=C(CC)Nc1cncc(-c2cnc3n[nH]c(-c4nc5c(-c6cc(C)cc(F)c6)nccc5[nH]4)c3c2)c1. The first-order chi connectivity index (χ1) is 18.0. The van der Waals surface area contributed by atoms with Crippen molar-refractivity contribution in [2.75, 3.05) is 5.32 Å². The number of nitrogens with zero attached hydrogens (tertiary/aromatic N) is 5. The first-order valence-corrected chi connectivity index (χ1v) is 11.9. The fourth-order valence-electron chi connectivity index (χ4n) is 4.33. The van der Waals surface area contributed by atoms with Gasteiger partial charge in [0, 0.05) is 41.0 Å². The maximum atomic E-state index is 14.1. The molecule has 0 fully saturated rings. The fourth-order valence-corrected chi connectivity index (χ4v) is 4.33. The molecule has 0 atom stereocenters. The first-order valence-electron chi connectivity index (χ1n) is 11.9. The lowest BCUT2D eigenvalue weighted by atomic mass is 10.1. The van der Waals surface area contributed by atoms with Gasteiger partial charge >= 0.3 is 0 Å². The van der Waals surface area contributed by atoms with Crippen LogP contribution in [0.2, 0.25) is 0 Å². The van der Waals surface area contributed by atoms with Crippen LogP contribution < -0.4 is 5.32 Å². The van der Waals surface area contributed by atoms with Gasteiger partial charge in [0.25, 0.3) is 0 Å². The molecular formula is C28H23FN8. The fraction of sp³-hybridized carbons (Fsp3) is 0.107. The van der Waals surface area contributed by atoms with Gasteiger partial charge in [-0.1, -0.05) is 13.5 Å². The number of allylic oxidation sites excluding steroid dienone is 1. The zero-order valence-electron chi connectivity index (χ0n) is 20.3. The number of halogens is 1. The summed E-state index contributed by atoms with van der Waals surface area (Å²) in [6, 6.07) is 10.7. The standard InChI is InChI=1S/C28H23FN8/c1-4-16(3)33-21-10-18(12-30-14-21)19-11-22-25(36-37-27(22)32-13-19)28-34-23-5-6-31-24(26(23)35-28)17-7-15(2)8-20(29)9-17/h5-14,33H,3-4H2,1-2H3,(H,34,35)(H,32,36,37). The predicted octanol–water partition coefficient (Wildman–Crippen LogP) is 6.41. The van der Waals surface area contributed by atoms with Crippen molar-refractivity contribution in [3.8, 4) is 33.9 Å². The minimum atomic E-state index is -0.310.